The zero-order valence-corrected chi connectivity index (χ0v) is 25.9. The SMILES string of the molecule is O=C(c1cncc(-c2cccc(C(O)(C(=O)O)c3ccccc3)c2)n1)N1CCC(CNCC(O)c2ccc(O)c3[nH]c(=O)ccc23)CC1. The molecule has 1 saturated heterocycles. The molecule has 2 unspecified atom stereocenters. The normalized spacial score (nSPS) is 15.6. The lowest BCUT2D eigenvalue weighted by Gasteiger charge is -2.32. The number of phenols is 1. The molecule has 6 rings (SSSR count). The van der Waals surface area contributed by atoms with Crippen LogP contribution in [0.2, 0.25) is 0 Å². The maximum absolute atomic E-state index is 13.4. The number of likely N-dealkylation sites (tertiary alicyclic amines) is 1. The Labute approximate surface area is 275 Å². The van der Waals surface area contributed by atoms with E-state index in [1.54, 1.807) is 65.6 Å². The van der Waals surface area contributed by atoms with E-state index in [-0.39, 0.29) is 52.0 Å². The minimum absolute atomic E-state index is 0.0628. The number of carboxylic acids is 1. The highest BCUT2D eigenvalue weighted by Gasteiger charge is 2.40. The first kappa shape index (κ1) is 32.5. The van der Waals surface area contributed by atoms with E-state index in [9.17, 15) is 34.8 Å². The second-order valence-electron chi connectivity index (χ2n) is 11.9. The fourth-order valence-corrected chi connectivity index (χ4v) is 6.19. The molecule has 0 saturated carbocycles. The lowest BCUT2D eigenvalue weighted by Crippen LogP contribution is -2.41. The van der Waals surface area contributed by atoms with Crippen LogP contribution in [0.25, 0.3) is 22.2 Å². The quantitative estimate of drug-likeness (QED) is 0.131. The van der Waals surface area contributed by atoms with Gasteiger partial charge in [-0.3, -0.25) is 14.6 Å². The number of rotatable bonds is 10. The largest absolute Gasteiger partial charge is 0.506 e. The molecule has 0 radical (unpaired) electrons. The van der Waals surface area contributed by atoms with Crippen molar-refractivity contribution in [1.82, 2.24) is 25.2 Å². The molecule has 6 N–H and O–H groups in total. The van der Waals surface area contributed by atoms with Gasteiger partial charge < -0.3 is 35.6 Å². The lowest BCUT2D eigenvalue weighted by atomic mass is 9.85. The number of benzene rings is 3. The predicted octanol–water partition coefficient (Wildman–Crippen LogP) is 3.19. The molecule has 2 atom stereocenters. The van der Waals surface area contributed by atoms with Gasteiger partial charge in [0.2, 0.25) is 11.2 Å². The topological polar surface area (TPSA) is 189 Å². The zero-order chi connectivity index (χ0) is 33.8. The minimum atomic E-state index is -2.28. The first-order valence-corrected chi connectivity index (χ1v) is 15.6. The van der Waals surface area contributed by atoms with Gasteiger partial charge >= 0.3 is 5.97 Å². The molecule has 0 spiro atoms. The Kier molecular flexibility index (Phi) is 9.30. The summed E-state index contributed by atoms with van der Waals surface area (Å²) in [6.07, 6.45) is 3.54. The number of carbonyl (C=O) groups is 2. The van der Waals surface area contributed by atoms with Crippen LogP contribution in [0, 0.1) is 5.92 Å². The molecule has 1 aliphatic rings. The van der Waals surface area contributed by atoms with Crippen molar-refractivity contribution in [2.45, 2.75) is 24.5 Å². The molecule has 3 heterocycles. The second kappa shape index (κ2) is 13.7. The highest BCUT2D eigenvalue weighted by atomic mass is 16.4. The van der Waals surface area contributed by atoms with Crippen LogP contribution in [0.15, 0.2) is 96.1 Å². The third-order valence-corrected chi connectivity index (χ3v) is 8.87. The van der Waals surface area contributed by atoms with Crippen LogP contribution in [0.4, 0.5) is 0 Å². The van der Waals surface area contributed by atoms with Gasteiger partial charge in [0, 0.05) is 42.2 Å². The Hall–Kier alpha value is -5.43. The molecule has 1 fully saturated rings. The molecular weight excluding hydrogens is 614 g/mol. The number of H-pyrrole nitrogens is 1. The van der Waals surface area contributed by atoms with Gasteiger partial charge in [0.15, 0.2) is 0 Å². The smallest absolute Gasteiger partial charge is 0.345 e. The maximum Gasteiger partial charge on any atom is 0.345 e. The number of aromatic hydroxyl groups is 1. The summed E-state index contributed by atoms with van der Waals surface area (Å²) in [6.45, 7) is 1.96. The van der Waals surface area contributed by atoms with Gasteiger partial charge in [-0.2, -0.15) is 0 Å². The number of aromatic nitrogens is 3. The predicted molar refractivity (Wildman–Crippen MR) is 177 cm³/mol. The summed E-state index contributed by atoms with van der Waals surface area (Å²) < 4.78 is 0. The number of aromatic amines is 1. The molecule has 1 amide bonds. The number of piperidine rings is 1. The summed E-state index contributed by atoms with van der Waals surface area (Å²) in [7, 11) is 0. The summed E-state index contributed by atoms with van der Waals surface area (Å²) in [5.74, 6) is -1.45. The standard InChI is InChI=1S/C36H35N5O7/c42-30-11-9-26(27-10-12-32(44)40-33(27)30)31(43)21-37-18-22-13-15-41(16-14-22)34(45)29-20-38-19-28(39-29)23-5-4-8-25(17-23)36(48,35(46)47)24-6-2-1-3-7-24/h1-12,17,19-20,22,31,37,42-43,48H,13-16,18,21H2,(H,40,44)(H,46,47). The van der Waals surface area contributed by atoms with E-state index >= 15 is 0 Å². The van der Waals surface area contributed by atoms with Gasteiger partial charge in [-0.25, -0.2) is 9.78 Å². The number of carbonyl (C=O) groups excluding carboxylic acids is 1. The Morgan fingerprint density at radius 1 is 0.979 bits per heavy atom. The number of pyridine rings is 1. The molecule has 0 bridgehead atoms. The van der Waals surface area contributed by atoms with Gasteiger partial charge in [0.1, 0.15) is 11.4 Å². The molecule has 1 aliphatic heterocycles. The van der Waals surface area contributed by atoms with Crippen LogP contribution in [0.1, 0.15) is 46.1 Å². The fourth-order valence-electron chi connectivity index (χ4n) is 6.19. The highest BCUT2D eigenvalue weighted by Crippen LogP contribution is 2.33. The number of fused-ring (bicyclic) bond motifs is 1. The Bertz CT molecular complexity index is 2010. The number of carboxylic acid groups (broad SMARTS) is 1. The molecule has 48 heavy (non-hydrogen) atoms. The monoisotopic (exact) mass is 649 g/mol. The van der Waals surface area contributed by atoms with E-state index in [1.165, 1.54) is 30.6 Å². The number of phenolic OH excluding ortho intramolecular Hbond substituents is 1. The van der Waals surface area contributed by atoms with E-state index in [4.69, 9.17) is 0 Å². The average Bonchev–Trinajstić information content (AvgIpc) is 3.12. The van der Waals surface area contributed by atoms with Gasteiger partial charge in [-0.05, 0) is 54.6 Å². The second-order valence-corrected chi connectivity index (χ2v) is 11.9. The van der Waals surface area contributed by atoms with Gasteiger partial charge in [0.25, 0.3) is 5.91 Å². The zero-order valence-electron chi connectivity index (χ0n) is 25.9. The molecule has 12 heteroatoms. The van der Waals surface area contributed by atoms with Crippen molar-refractivity contribution >= 4 is 22.8 Å². The third kappa shape index (κ3) is 6.54. The summed E-state index contributed by atoms with van der Waals surface area (Å²) >= 11 is 0. The first-order valence-electron chi connectivity index (χ1n) is 15.6. The Morgan fingerprint density at radius 3 is 2.48 bits per heavy atom. The number of aliphatic hydroxyl groups excluding tert-OH is 1. The number of hydrogen-bond donors (Lipinski definition) is 6. The molecule has 2 aromatic heterocycles. The summed E-state index contributed by atoms with van der Waals surface area (Å²) in [4.78, 5) is 50.5. The van der Waals surface area contributed by atoms with Crippen molar-refractivity contribution < 1.29 is 30.0 Å². The van der Waals surface area contributed by atoms with Gasteiger partial charge in [-0.15, -0.1) is 0 Å². The fraction of sp³-hybridized carbons (Fsp3) is 0.250. The minimum Gasteiger partial charge on any atom is -0.506 e. The van der Waals surface area contributed by atoms with Crippen molar-refractivity contribution in [2.75, 3.05) is 26.2 Å². The van der Waals surface area contributed by atoms with Crippen molar-refractivity contribution in [3.63, 3.8) is 0 Å². The summed E-state index contributed by atoms with van der Waals surface area (Å²) in [6, 6.07) is 20.6. The first-order chi connectivity index (χ1) is 23.1. The average molecular weight is 650 g/mol. The molecular formula is C36H35N5O7. The van der Waals surface area contributed by atoms with Gasteiger partial charge in [-0.1, -0.05) is 54.6 Å². The molecule has 0 aliphatic carbocycles. The van der Waals surface area contributed by atoms with E-state index in [2.05, 4.69) is 20.3 Å². The molecule has 12 nitrogen and oxygen atoms in total. The molecule has 3 aromatic carbocycles. The summed E-state index contributed by atoms with van der Waals surface area (Å²) in [5, 5.41) is 46.1. The van der Waals surface area contributed by atoms with E-state index < -0.39 is 17.7 Å². The maximum atomic E-state index is 13.4. The lowest BCUT2D eigenvalue weighted by molar-refractivity contribution is -0.155. The number of aliphatic hydroxyl groups is 2. The molecule has 246 valence electrons. The number of nitrogens with one attached hydrogen (secondary N) is 2. The van der Waals surface area contributed by atoms with Crippen molar-refractivity contribution in [3.8, 4) is 17.0 Å². The van der Waals surface area contributed by atoms with Gasteiger partial charge in [0.05, 0.1) is 29.7 Å². The van der Waals surface area contributed by atoms with Crippen LogP contribution in [0.5, 0.6) is 5.75 Å². The Balaban J connectivity index is 1.07. The third-order valence-electron chi connectivity index (χ3n) is 8.87. The summed E-state index contributed by atoms with van der Waals surface area (Å²) in [5.41, 5.74) is -0.345. The molecule has 5 aromatic rings. The van der Waals surface area contributed by atoms with Crippen LogP contribution < -0.4 is 10.9 Å². The van der Waals surface area contributed by atoms with Crippen LogP contribution in [-0.2, 0) is 10.4 Å². The van der Waals surface area contributed by atoms with E-state index in [0.717, 1.165) is 12.8 Å². The van der Waals surface area contributed by atoms with Crippen molar-refractivity contribution in [3.05, 3.63) is 124 Å². The number of amides is 1. The Morgan fingerprint density at radius 2 is 1.73 bits per heavy atom. The van der Waals surface area contributed by atoms with Crippen LogP contribution >= 0.6 is 0 Å². The highest BCUT2D eigenvalue weighted by molar-refractivity contribution is 5.92. The number of hydrogen-bond acceptors (Lipinski definition) is 9. The van der Waals surface area contributed by atoms with Crippen LogP contribution in [0.3, 0.4) is 0 Å². The van der Waals surface area contributed by atoms with E-state index in [1.807, 2.05) is 0 Å². The number of aliphatic carboxylic acids is 1. The van der Waals surface area contributed by atoms with Crippen LogP contribution in [-0.4, -0.2) is 78.3 Å². The van der Waals surface area contributed by atoms with E-state index in [0.29, 0.717) is 41.8 Å². The number of nitrogens with zero attached hydrogens (tertiary/aromatic N) is 3. The van der Waals surface area contributed by atoms with Crippen molar-refractivity contribution in [1.29, 1.82) is 0 Å². The van der Waals surface area contributed by atoms with Crippen molar-refractivity contribution in [2.24, 2.45) is 5.92 Å².